The maximum atomic E-state index is 6.10. The van der Waals surface area contributed by atoms with Crippen molar-refractivity contribution in [3.8, 4) is 22.9 Å². The van der Waals surface area contributed by atoms with Gasteiger partial charge in [0.25, 0.3) is 0 Å². The smallest absolute Gasteiger partial charge is 0.155 e. The highest BCUT2D eigenvalue weighted by atomic mass is 35.5. The van der Waals surface area contributed by atoms with Gasteiger partial charge in [-0.05, 0) is 42.5 Å². The molecule has 0 bridgehead atoms. The van der Waals surface area contributed by atoms with Crippen LogP contribution in [-0.2, 0) is 0 Å². The normalized spacial score (nSPS) is 10.5. The summed E-state index contributed by atoms with van der Waals surface area (Å²) in [6.45, 7) is 0. The number of benzene rings is 2. The van der Waals surface area contributed by atoms with Crippen LogP contribution in [0, 0.1) is 0 Å². The maximum absolute atomic E-state index is 6.10. The monoisotopic (exact) mass is 305 g/mol. The molecule has 3 aromatic rings. The van der Waals surface area contributed by atoms with Gasteiger partial charge in [-0.1, -0.05) is 23.2 Å². The fourth-order valence-corrected chi connectivity index (χ4v) is 2.09. The zero-order chi connectivity index (χ0) is 13.9. The molecule has 0 unspecified atom stereocenters. The first-order valence-corrected chi connectivity index (χ1v) is 6.56. The van der Waals surface area contributed by atoms with E-state index in [9.17, 15) is 0 Å². The summed E-state index contributed by atoms with van der Waals surface area (Å²) in [6.07, 6.45) is 1.44. The van der Waals surface area contributed by atoms with E-state index < -0.39 is 0 Å². The third kappa shape index (κ3) is 2.92. The molecule has 1 N–H and O–H groups in total. The summed E-state index contributed by atoms with van der Waals surface area (Å²) in [4.78, 5) is 4.09. The van der Waals surface area contributed by atoms with Gasteiger partial charge in [0.2, 0.25) is 0 Å². The predicted molar refractivity (Wildman–Crippen MR) is 78.4 cm³/mol. The van der Waals surface area contributed by atoms with E-state index >= 15 is 0 Å². The molecule has 0 aliphatic heterocycles. The highest BCUT2D eigenvalue weighted by molar-refractivity contribution is 6.31. The Labute approximate surface area is 125 Å². The Kier molecular flexibility index (Phi) is 3.58. The minimum absolute atomic E-state index is 0.558. The molecule has 0 amide bonds. The number of nitrogens with one attached hydrogen (secondary N) is 1. The number of nitrogens with zero attached hydrogens (tertiary/aromatic N) is 2. The van der Waals surface area contributed by atoms with Gasteiger partial charge in [0.15, 0.2) is 5.82 Å². The van der Waals surface area contributed by atoms with Crippen LogP contribution in [0.3, 0.4) is 0 Å². The molecule has 1 aromatic heterocycles. The number of ether oxygens (including phenoxy) is 1. The molecule has 0 aliphatic rings. The van der Waals surface area contributed by atoms with E-state index in [1.807, 2.05) is 6.07 Å². The standard InChI is InChI=1S/C14H9Cl2N3O/c15-10-1-3-12(4-2-10)20-13-6-9(5-11(16)7-13)14-17-8-18-19-14/h1-8H,(H,17,18,19). The molecule has 20 heavy (non-hydrogen) atoms. The molecule has 6 heteroatoms. The molecule has 3 rings (SSSR count). The van der Waals surface area contributed by atoms with Crippen LogP contribution in [0.5, 0.6) is 11.5 Å². The fraction of sp³-hybridized carbons (Fsp3) is 0. The van der Waals surface area contributed by atoms with Crippen molar-refractivity contribution in [1.82, 2.24) is 15.2 Å². The topological polar surface area (TPSA) is 50.8 Å². The van der Waals surface area contributed by atoms with E-state index in [-0.39, 0.29) is 0 Å². The second-order valence-corrected chi connectivity index (χ2v) is 4.94. The Morgan fingerprint density at radius 3 is 2.40 bits per heavy atom. The van der Waals surface area contributed by atoms with Gasteiger partial charge in [0.05, 0.1) is 0 Å². The first-order chi connectivity index (χ1) is 9.70. The van der Waals surface area contributed by atoms with E-state index in [0.29, 0.717) is 27.4 Å². The van der Waals surface area contributed by atoms with Crippen LogP contribution in [0.15, 0.2) is 48.8 Å². The van der Waals surface area contributed by atoms with Gasteiger partial charge in [0, 0.05) is 15.6 Å². The second kappa shape index (κ2) is 5.53. The lowest BCUT2D eigenvalue weighted by Crippen LogP contribution is -1.87. The Hall–Kier alpha value is -2.04. The molecule has 0 aliphatic carbocycles. The molecule has 0 saturated carbocycles. The molecule has 0 saturated heterocycles. The Morgan fingerprint density at radius 2 is 1.70 bits per heavy atom. The van der Waals surface area contributed by atoms with Gasteiger partial charge < -0.3 is 4.74 Å². The minimum Gasteiger partial charge on any atom is -0.457 e. The van der Waals surface area contributed by atoms with Crippen LogP contribution in [0.25, 0.3) is 11.4 Å². The average molecular weight is 306 g/mol. The highest BCUT2D eigenvalue weighted by Gasteiger charge is 2.06. The molecule has 2 aromatic carbocycles. The molecule has 0 spiro atoms. The molecule has 0 fully saturated rings. The summed E-state index contributed by atoms with van der Waals surface area (Å²) in [5, 5.41) is 7.82. The lowest BCUT2D eigenvalue weighted by Gasteiger charge is -2.08. The van der Waals surface area contributed by atoms with Crippen molar-refractivity contribution in [3.63, 3.8) is 0 Å². The van der Waals surface area contributed by atoms with Crippen molar-refractivity contribution in [3.05, 3.63) is 58.8 Å². The number of hydrogen-bond acceptors (Lipinski definition) is 3. The van der Waals surface area contributed by atoms with Crippen LogP contribution >= 0.6 is 23.2 Å². The van der Waals surface area contributed by atoms with Gasteiger partial charge in [-0.2, -0.15) is 5.10 Å². The summed E-state index contributed by atoms with van der Waals surface area (Å²) in [7, 11) is 0. The summed E-state index contributed by atoms with van der Waals surface area (Å²) >= 11 is 11.9. The second-order valence-electron chi connectivity index (χ2n) is 4.07. The Bertz CT molecular complexity index is 712. The summed E-state index contributed by atoms with van der Waals surface area (Å²) in [6, 6.07) is 12.5. The summed E-state index contributed by atoms with van der Waals surface area (Å²) in [5.74, 6) is 1.93. The third-order valence-electron chi connectivity index (χ3n) is 2.61. The van der Waals surface area contributed by atoms with E-state index in [1.54, 1.807) is 36.4 Å². The van der Waals surface area contributed by atoms with E-state index in [2.05, 4.69) is 15.2 Å². The average Bonchev–Trinajstić information content (AvgIpc) is 2.95. The first kappa shape index (κ1) is 13.0. The van der Waals surface area contributed by atoms with Crippen molar-refractivity contribution in [2.75, 3.05) is 0 Å². The van der Waals surface area contributed by atoms with Gasteiger partial charge in [-0.15, -0.1) is 0 Å². The maximum Gasteiger partial charge on any atom is 0.155 e. The Balaban J connectivity index is 1.92. The number of aromatic nitrogens is 3. The van der Waals surface area contributed by atoms with E-state index in [0.717, 1.165) is 5.56 Å². The van der Waals surface area contributed by atoms with Crippen LogP contribution in [-0.4, -0.2) is 15.2 Å². The van der Waals surface area contributed by atoms with E-state index in [1.165, 1.54) is 6.33 Å². The molecule has 100 valence electrons. The summed E-state index contributed by atoms with van der Waals surface area (Å²) in [5.41, 5.74) is 0.805. The lowest BCUT2D eigenvalue weighted by molar-refractivity contribution is 0.483. The van der Waals surface area contributed by atoms with Crippen LogP contribution in [0.1, 0.15) is 0 Å². The van der Waals surface area contributed by atoms with Gasteiger partial charge in [0.1, 0.15) is 17.8 Å². The van der Waals surface area contributed by atoms with Crippen molar-refractivity contribution in [2.45, 2.75) is 0 Å². The van der Waals surface area contributed by atoms with Crippen molar-refractivity contribution in [1.29, 1.82) is 0 Å². The molecule has 1 heterocycles. The number of aromatic amines is 1. The van der Waals surface area contributed by atoms with E-state index in [4.69, 9.17) is 27.9 Å². The first-order valence-electron chi connectivity index (χ1n) is 5.80. The number of H-pyrrole nitrogens is 1. The van der Waals surface area contributed by atoms with Crippen LogP contribution in [0.4, 0.5) is 0 Å². The fourth-order valence-electron chi connectivity index (χ4n) is 1.74. The van der Waals surface area contributed by atoms with Gasteiger partial charge in [-0.25, -0.2) is 4.98 Å². The quantitative estimate of drug-likeness (QED) is 0.771. The molecule has 0 radical (unpaired) electrons. The lowest BCUT2D eigenvalue weighted by atomic mass is 10.2. The zero-order valence-corrected chi connectivity index (χ0v) is 11.7. The zero-order valence-electron chi connectivity index (χ0n) is 10.2. The number of rotatable bonds is 3. The summed E-state index contributed by atoms with van der Waals surface area (Å²) < 4.78 is 5.75. The molecule has 4 nitrogen and oxygen atoms in total. The van der Waals surface area contributed by atoms with Gasteiger partial charge >= 0.3 is 0 Å². The highest BCUT2D eigenvalue weighted by Crippen LogP contribution is 2.30. The predicted octanol–water partition coefficient (Wildman–Crippen LogP) is 4.57. The Morgan fingerprint density at radius 1 is 0.900 bits per heavy atom. The van der Waals surface area contributed by atoms with Crippen LogP contribution < -0.4 is 4.74 Å². The molecular formula is C14H9Cl2N3O. The minimum atomic E-state index is 0.558. The van der Waals surface area contributed by atoms with Crippen molar-refractivity contribution in [2.24, 2.45) is 0 Å². The van der Waals surface area contributed by atoms with Gasteiger partial charge in [-0.3, -0.25) is 5.10 Å². The van der Waals surface area contributed by atoms with Crippen molar-refractivity contribution < 1.29 is 4.74 Å². The van der Waals surface area contributed by atoms with Crippen LogP contribution in [0.2, 0.25) is 10.0 Å². The third-order valence-corrected chi connectivity index (χ3v) is 3.08. The number of hydrogen-bond donors (Lipinski definition) is 1. The molecule has 0 atom stereocenters. The molecular weight excluding hydrogens is 297 g/mol. The van der Waals surface area contributed by atoms with Crippen molar-refractivity contribution >= 4 is 23.2 Å². The SMILES string of the molecule is Clc1ccc(Oc2cc(Cl)cc(-c3ncn[nH]3)c2)cc1. The number of halogens is 2. The largest absolute Gasteiger partial charge is 0.457 e.